The Balaban J connectivity index is 1.37. The smallest absolute Gasteiger partial charge is 0.238 e. The van der Waals surface area contributed by atoms with Crippen LogP contribution in [0.2, 0.25) is 0 Å². The van der Waals surface area contributed by atoms with Crippen molar-refractivity contribution in [2.75, 3.05) is 37.2 Å². The quantitative estimate of drug-likeness (QED) is 0.693. The summed E-state index contributed by atoms with van der Waals surface area (Å²) in [5, 5.41) is 6.10. The zero-order chi connectivity index (χ0) is 19.9. The van der Waals surface area contributed by atoms with E-state index < -0.39 is 0 Å². The van der Waals surface area contributed by atoms with Gasteiger partial charge in [0.15, 0.2) is 5.82 Å². The van der Waals surface area contributed by atoms with Gasteiger partial charge in [0.25, 0.3) is 0 Å². The van der Waals surface area contributed by atoms with Crippen LogP contribution in [0.5, 0.6) is 0 Å². The first-order valence-corrected chi connectivity index (χ1v) is 10.4. The molecule has 0 bridgehead atoms. The zero-order valence-electron chi connectivity index (χ0n) is 16.2. The molecule has 2 amide bonds. The molecule has 1 fully saturated rings. The highest BCUT2D eigenvalue weighted by molar-refractivity contribution is 8.01. The maximum Gasteiger partial charge on any atom is 0.238 e. The minimum atomic E-state index is -0.348. The fourth-order valence-corrected chi connectivity index (χ4v) is 3.84. The van der Waals surface area contributed by atoms with Gasteiger partial charge in [-0.2, -0.15) is 0 Å². The maximum atomic E-state index is 12.5. The van der Waals surface area contributed by atoms with E-state index in [2.05, 4.69) is 15.5 Å². The summed E-state index contributed by atoms with van der Waals surface area (Å²) in [6, 6.07) is 5.73. The van der Waals surface area contributed by atoms with Crippen LogP contribution in [0.15, 0.2) is 35.1 Å². The average molecular weight is 405 g/mol. The van der Waals surface area contributed by atoms with Crippen LogP contribution in [0.3, 0.4) is 0 Å². The Morgan fingerprint density at radius 3 is 2.68 bits per heavy atom. The molecule has 1 aliphatic rings. The summed E-state index contributed by atoms with van der Waals surface area (Å²) in [7, 11) is 0. The van der Waals surface area contributed by atoms with E-state index in [4.69, 9.17) is 4.52 Å². The predicted octanol–water partition coefficient (Wildman–Crippen LogP) is 0.366. The number of anilines is 1. The fourth-order valence-electron chi connectivity index (χ4n) is 3.05. The highest BCUT2D eigenvalue weighted by Gasteiger charge is 2.25. The third kappa shape index (κ3) is 5.80. The summed E-state index contributed by atoms with van der Waals surface area (Å²) in [6.07, 6.45) is 3.62. The lowest BCUT2D eigenvalue weighted by atomic mass is 10.2. The van der Waals surface area contributed by atoms with Crippen molar-refractivity contribution in [2.24, 2.45) is 0 Å². The molecule has 0 unspecified atom stereocenters. The monoisotopic (exact) mass is 404 g/mol. The number of thioether (sulfide) groups is 1. The second-order valence-electron chi connectivity index (χ2n) is 6.93. The molecule has 0 spiro atoms. The first-order valence-electron chi connectivity index (χ1n) is 9.37. The molecule has 0 aromatic carbocycles. The number of aryl methyl sites for hydroxylation is 1. The van der Waals surface area contributed by atoms with Gasteiger partial charge in [-0.05, 0) is 26.0 Å². The van der Waals surface area contributed by atoms with E-state index in [-0.39, 0.29) is 17.1 Å². The molecule has 2 aromatic rings. The molecule has 0 saturated carbocycles. The number of nitrogens with zero attached hydrogens (tertiary/aromatic N) is 3. The van der Waals surface area contributed by atoms with Crippen LogP contribution in [0.1, 0.15) is 18.2 Å². The summed E-state index contributed by atoms with van der Waals surface area (Å²) in [5.74, 6) is 1.24. The Kier molecular flexibility index (Phi) is 7.05. The molecule has 1 saturated heterocycles. The zero-order valence-corrected chi connectivity index (χ0v) is 17.0. The fraction of sp³-hybridized carbons (Fsp3) is 0.474. The first-order chi connectivity index (χ1) is 13.5. The highest BCUT2D eigenvalue weighted by Crippen LogP contribution is 2.15. The molecule has 150 valence electrons. The lowest BCUT2D eigenvalue weighted by Gasteiger charge is -2.32. The molecule has 28 heavy (non-hydrogen) atoms. The van der Waals surface area contributed by atoms with Crippen molar-refractivity contribution in [1.29, 1.82) is 0 Å². The summed E-state index contributed by atoms with van der Waals surface area (Å²) >= 11 is 1.34. The number of piperazine rings is 1. The number of pyridine rings is 1. The number of aromatic nitrogens is 2. The number of hydrogen-bond donors (Lipinski definition) is 2. The number of carbonyl (C=O) groups excluding carboxylic acids is 2. The molecular formula is C19H26N5O3S+. The molecule has 1 aliphatic heterocycles. The molecule has 0 aliphatic carbocycles. The van der Waals surface area contributed by atoms with Crippen molar-refractivity contribution in [1.82, 2.24) is 15.0 Å². The summed E-state index contributed by atoms with van der Waals surface area (Å²) < 4.78 is 4.93. The number of quaternary nitrogens is 1. The van der Waals surface area contributed by atoms with Gasteiger partial charge in [0.2, 0.25) is 11.8 Å². The second-order valence-corrected chi connectivity index (χ2v) is 8.26. The molecule has 2 N–H and O–H groups in total. The third-order valence-corrected chi connectivity index (χ3v) is 5.86. The Hall–Kier alpha value is -2.39. The van der Waals surface area contributed by atoms with E-state index >= 15 is 0 Å². The number of hydrogen-bond acceptors (Lipinski definition) is 6. The number of carbonyl (C=O) groups is 2. The summed E-state index contributed by atoms with van der Waals surface area (Å²) in [4.78, 5) is 32.1. The van der Waals surface area contributed by atoms with Crippen LogP contribution in [-0.2, 0) is 16.1 Å². The maximum absolute atomic E-state index is 12.5. The van der Waals surface area contributed by atoms with E-state index in [0.717, 1.165) is 32.7 Å². The molecule has 3 heterocycles. The lowest BCUT2D eigenvalue weighted by molar-refractivity contribution is -0.917. The molecule has 1 atom stereocenters. The van der Waals surface area contributed by atoms with Crippen molar-refractivity contribution in [3.63, 3.8) is 0 Å². The molecular weight excluding hydrogens is 378 g/mol. The van der Waals surface area contributed by atoms with Gasteiger partial charge in [0.1, 0.15) is 12.3 Å². The topological polar surface area (TPSA) is 92.8 Å². The molecule has 8 nitrogen and oxygen atoms in total. The van der Waals surface area contributed by atoms with Crippen LogP contribution in [-0.4, -0.2) is 64.0 Å². The van der Waals surface area contributed by atoms with Gasteiger partial charge in [-0.1, -0.05) is 5.16 Å². The van der Waals surface area contributed by atoms with Crippen molar-refractivity contribution in [3.8, 4) is 0 Å². The van der Waals surface area contributed by atoms with Crippen molar-refractivity contribution >= 4 is 29.4 Å². The predicted molar refractivity (Wildman–Crippen MR) is 107 cm³/mol. The Bertz CT molecular complexity index is 790. The number of nitrogens with one attached hydrogen (secondary N) is 2. The standard InChI is InChI=1S/C19H25N5O3S/c1-14-11-17(22-27-14)21-19(26)15(2)28-13-18(25)24-9-7-23(8-10-24)12-16-3-5-20-6-4-16/h3-6,11,15H,7-10,12-13H2,1-2H3,(H,21,22,26)/p+1/t15-/m0/s1. The summed E-state index contributed by atoms with van der Waals surface area (Å²) in [5.41, 5.74) is 1.27. The Labute approximate surface area is 168 Å². The second kappa shape index (κ2) is 9.70. The minimum absolute atomic E-state index is 0.0879. The van der Waals surface area contributed by atoms with Crippen molar-refractivity contribution < 1.29 is 19.0 Å². The van der Waals surface area contributed by atoms with E-state index in [9.17, 15) is 9.59 Å². The van der Waals surface area contributed by atoms with Gasteiger partial charge in [-0.15, -0.1) is 11.8 Å². The van der Waals surface area contributed by atoms with Gasteiger partial charge >= 0.3 is 0 Å². The normalized spacial score (nSPS) is 16.0. The largest absolute Gasteiger partial charge is 0.360 e. The SMILES string of the molecule is Cc1cc(NC(=O)[C@H](C)SCC(=O)N2CC[NH+](Cc3ccncc3)CC2)no1. The van der Waals surface area contributed by atoms with Crippen LogP contribution in [0, 0.1) is 6.92 Å². The van der Waals surface area contributed by atoms with Crippen LogP contribution in [0.4, 0.5) is 5.82 Å². The average Bonchev–Trinajstić information content (AvgIpc) is 3.11. The first kappa shape index (κ1) is 20.3. The van der Waals surface area contributed by atoms with Gasteiger partial charge in [0.05, 0.1) is 37.2 Å². The van der Waals surface area contributed by atoms with Crippen LogP contribution >= 0.6 is 11.8 Å². The molecule has 0 radical (unpaired) electrons. The minimum Gasteiger partial charge on any atom is -0.360 e. The van der Waals surface area contributed by atoms with Gasteiger partial charge in [0, 0.05) is 24.0 Å². The van der Waals surface area contributed by atoms with Crippen LogP contribution in [0.25, 0.3) is 0 Å². The number of rotatable bonds is 7. The van der Waals surface area contributed by atoms with Gasteiger partial charge < -0.3 is 19.6 Å². The summed E-state index contributed by atoms with van der Waals surface area (Å²) in [6.45, 7) is 7.87. The van der Waals surface area contributed by atoms with Gasteiger partial charge in [-0.3, -0.25) is 14.6 Å². The Morgan fingerprint density at radius 1 is 1.32 bits per heavy atom. The van der Waals surface area contributed by atoms with Crippen molar-refractivity contribution in [2.45, 2.75) is 25.6 Å². The molecule has 9 heteroatoms. The van der Waals surface area contributed by atoms with Crippen LogP contribution < -0.4 is 10.2 Å². The van der Waals surface area contributed by atoms with E-state index in [0.29, 0.717) is 17.3 Å². The molecule has 3 rings (SSSR count). The van der Waals surface area contributed by atoms with E-state index in [1.54, 1.807) is 19.9 Å². The van der Waals surface area contributed by atoms with Gasteiger partial charge in [-0.25, -0.2) is 0 Å². The third-order valence-electron chi connectivity index (χ3n) is 4.73. The highest BCUT2D eigenvalue weighted by atomic mass is 32.2. The lowest BCUT2D eigenvalue weighted by Crippen LogP contribution is -3.13. The molecule has 2 aromatic heterocycles. The van der Waals surface area contributed by atoms with E-state index in [1.807, 2.05) is 29.4 Å². The van der Waals surface area contributed by atoms with Crippen molar-refractivity contribution in [3.05, 3.63) is 41.9 Å². The van der Waals surface area contributed by atoms with E-state index in [1.165, 1.54) is 22.2 Å². The number of amides is 2. The Morgan fingerprint density at radius 2 is 2.04 bits per heavy atom.